The van der Waals surface area contributed by atoms with E-state index >= 15 is 0 Å². The van der Waals surface area contributed by atoms with Gasteiger partial charge in [-0.05, 0) is 30.7 Å². The number of aromatic hydroxyl groups is 1. The van der Waals surface area contributed by atoms with Crippen LogP contribution >= 0.6 is 11.6 Å². The molecule has 2 aromatic rings. The maximum Gasteiger partial charge on any atom is 0.120 e. The lowest BCUT2D eigenvalue weighted by Gasteiger charge is -2.20. The standard InChI is InChI=1S/C16H15ClN2O/c1-2-14(12-5-3-4-6-16(12)20)19-15-8-7-11(10-18)9-13(15)17/h3-9,14,19-20H,2H2,1H3. The van der Waals surface area contributed by atoms with Gasteiger partial charge in [0.2, 0.25) is 0 Å². The van der Waals surface area contributed by atoms with Crippen LogP contribution in [0.5, 0.6) is 5.75 Å². The Labute approximate surface area is 123 Å². The first-order valence-corrected chi connectivity index (χ1v) is 6.77. The molecule has 4 heteroatoms. The lowest BCUT2D eigenvalue weighted by molar-refractivity contribution is 0.463. The van der Waals surface area contributed by atoms with E-state index in [1.807, 2.05) is 19.1 Å². The fourth-order valence-corrected chi connectivity index (χ4v) is 2.31. The highest BCUT2D eigenvalue weighted by molar-refractivity contribution is 6.33. The van der Waals surface area contributed by atoms with Crippen molar-refractivity contribution in [1.82, 2.24) is 0 Å². The molecular formula is C16H15ClN2O. The van der Waals surface area contributed by atoms with Crippen molar-refractivity contribution in [1.29, 1.82) is 5.26 Å². The topological polar surface area (TPSA) is 56.0 Å². The number of nitrogens with one attached hydrogen (secondary N) is 1. The van der Waals surface area contributed by atoms with Gasteiger partial charge >= 0.3 is 0 Å². The maximum absolute atomic E-state index is 9.93. The minimum atomic E-state index is -0.0402. The normalized spacial score (nSPS) is 11.7. The number of rotatable bonds is 4. The molecule has 2 aromatic carbocycles. The first kappa shape index (κ1) is 14.2. The summed E-state index contributed by atoms with van der Waals surface area (Å²) < 4.78 is 0. The lowest BCUT2D eigenvalue weighted by atomic mass is 10.0. The van der Waals surface area contributed by atoms with Gasteiger partial charge in [-0.25, -0.2) is 0 Å². The van der Waals surface area contributed by atoms with Crippen LogP contribution in [0.3, 0.4) is 0 Å². The summed E-state index contributed by atoms with van der Waals surface area (Å²) >= 11 is 6.16. The third kappa shape index (κ3) is 3.04. The quantitative estimate of drug-likeness (QED) is 0.871. The molecule has 0 aliphatic heterocycles. The second kappa shape index (κ2) is 6.31. The molecule has 20 heavy (non-hydrogen) atoms. The van der Waals surface area contributed by atoms with E-state index < -0.39 is 0 Å². The number of phenolic OH excluding ortho intramolecular Hbond substituents is 1. The lowest BCUT2D eigenvalue weighted by Crippen LogP contribution is -2.10. The molecular weight excluding hydrogens is 272 g/mol. The van der Waals surface area contributed by atoms with Crippen molar-refractivity contribution < 1.29 is 5.11 Å². The van der Waals surface area contributed by atoms with Crippen LogP contribution < -0.4 is 5.32 Å². The van der Waals surface area contributed by atoms with Crippen molar-refractivity contribution in [3.8, 4) is 11.8 Å². The summed E-state index contributed by atoms with van der Waals surface area (Å²) in [5, 5.41) is 22.6. The van der Waals surface area contributed by atoms with E-state index in [9.17, 15) is 5.11 Å². The molecule has 0 bridgehead atoms. The second-order valence-electron chi connectivity index (χ2n) is 4.47. The fraction of sp³-hybridized carbons (Fsp3) is 0.188. The van der Waals surface area contributed by atoms with E-state index in [2.05, 4.69) is 11.4 Å². The highest BCUT2D eigenvalue weighted by atomic mass is 35.5. The molecule has 2 N–H and O–H groups in total. The molecule has 0 saturated carbocycles. The zero-order valence-corrected chi connectivity index (χ0v) is 11.9. The molecule has 0 spiro atoms. The largest absolute Gasteiger partial charge is 0.508 e. The van der Waals surface area contributed by atoms with Crippen LogP contribution in [0.15, 0.2) is 42.5 Å². The van der Waals surface area contributed by atoms with Crippen molar-refractivity contribution in [2.24, 2.45) is 0 Å². The third-order valence-electron chi connectivity index (χ3n) is 3.15. The van der Waals surface area contributed by atoms with E-state index in [0.717, 1.165) is 17.7 Å². The average molecular weight is 287 g/mol. The zero-order valence-electron chi connectivity index (χ0n) is 11.1. The van der Waals surface area contributed by atoms with E-state index in [0.29, 0.717) is 10.6 Å². The molecule has 3 nitrogen and oxygen atoms in total. The number of halogens is 1. The van der Waals surface area contributed by atoms with Gasteiger partial charge in [0.05, 0.1) is 28.4 Å². The summed E-state index contributed by atoms with van der Waals surface area (Å²) in [6.07, 6.45) is 0.800. The Morgan fingerprint density at radius 2 is 2.05 bits per heavy atom. The van der Waals surface area contributed by atoms with Gasteiger partial charge in [0.1, 0.15) is 5.75 Å². The van der Waals surface area contributed by atoms with Crippen LogP contribution in [0, 0.1) is 11.3 Å². The third-order valence-corrected chi connectivity index (χ3v) is 3.46. The highest BCUT2D eigenvalue weighted by Gasteiger charge is 2.14. The van der Waals surface area contributed by atoms with Gasteiger partial charge in [-0.1, -0.05) is 36.7 Å². The summed E-state index contributed by atoms with van der Waals surface area (Å²) in [6.45, 7) is 2.03. The van der Waals surface area contributed by atoms with Crippen molar-refractivity contribution in [2.75, 3.05) is 5.32 Å². The number of hydrogen-bond donors (Lipinski definition) is 2. The van der Waals surface area contributed by atoms with Crippen LogP contribution in [0.4, 0.5) is 5.69 Å². The number of hydrogen-bond acceptors (Lipinski definition) is 3. The van der Waals surface area contributed by atoms with E-state index in [1.165, 1.54) is 0 Å². The Morgan fingerprint density at radius 1 is 1.30 bits per heavy atom. The van der Waals surface area contributed by atoms with Crippen LogP contribution in [0.25, 0.3) is 0 Å². The van der Waals surface area contributed by atoms with Gasteiger partial charge < -0.3 is 10.4 Å². The van der Waals surface area contributed by atoms with Gasteiger partial charge in [0, 0.05) is 5.56 Å². The van der Waals surface area contributed by atoms with Crippen LogP contribution in [-0.4, -0.2) is 5.11 Å². The summed E-state index contributed by atoms with van der Waals surface area (Å²) in [6, 6.07) is 14.4. The number of phenols is 1. The molecule has 2 rings (SSSR count). The van der Waals surface area contributed by atoms with Crippen molar-refractivity contribution in [2.45, 2.75) is 19.4 Å². The molecule has 0 amide bonds. The SMILES string of the molecule is CCC(Nc1ccc(C#N)cc1Cl)c1ccccc1O. The maximum atomic E-state index is 9.93. The average Bonchev–Trinajstić information content (AvgIpc) is 2.47. The molecule has 0 aromatic heterocycles. The highest BCUT2D eigenvalue weighted by Crippen LogP contribution is 2.32. The number of anilines is 1. The number of benzene rings is 2. The van der Waals surface area contributed by atoms with Gasteiger partial charge in [0.25, 0.3) is 0 Å². The molecule has 0 heterocycles. The minimum Gasteiger partial charge on any atom is -0.508 e. The molecule has 0 aliphatic carbocycles. The molecule has 1 unspecified atom stereocenters. The van der Waals surface area contributed by atoms with Gasteiger partial charge in [0.15, 0.2) is 0 Å². The monoisotopic (exact) mass is 286 g/mol. The summed E-state index contributed by atoms with van der Waals surface area (Å²) in [5.41, 5.74) is 2.10. The van der Waals surface area contributed by atoms with E-state index in [-0.39, 0.29) is 11.8 Å². The summed E-state index contributed by atoms with van der Waals surface area (Å²) in [5.74, 6) is 0.261. The fourth-order valence-electron chi connectivity index (χ4n) is 2.07. The number of nitriles is 1. The Morgan fingerprint density at radius 3 is 2.65 bits per heavy atom. The minimum absolute atomic E-state index is 0.0402. The number of nitrogens with zero attached hydrogens (tertiary/aromatic N) is 1. The molecule has 0 saturated heterocycles. The van der Waals surface area contributed by atoms with E-state index in [1.54, 1.807) is 30.3 Å². The summed E-state index contributed by atoms with van der Waals surface area (Å²) in [4.78, 5) is 0. The Hall–Kier alpha value is -2.18. The predicted molar refractivity (Wildman–Crippen MR) is 80.9 cm³/mol. The Kier molecular flexibility index (Phi) is 4.49. The van der Waals surface area contributed by atoms with E-state index in [4.69, 9.17) is 16.9 Å². The molecule has 1 atom stereocenters. The zero-order chi connectivity index (χ0) is 14.5. The predicted octanol–water partition coefficient (Wildman–Crippen LogP) is 4.48. The Balaban J connectivity index is 2.28. The molecule has 0 fully saturated rings. The molecule has 0 aliphatic rings. The smallest absolute Gasteiger partial charge is 0.120 e. The van der Waals surface area contributed by atoms with Gasteiger partial charge in [-0.2, -0.15) is 5.26 Å². The summed E-state index contributed by atoms with van der Waals surface area (Å²) in [7, 11) is 0. The first-order chi connectivity index (χ1) is 9.65. The van der Waals surface area contributed by atoms with Gasteiger partial charge in [-0.15, -0.1) is 0 Å². The van der Waals surface area contributed by atoms with Gasteiger partial charge in [-0.3, -0.25) is 0 Å². The Bertz CT molecular complexity index is 649. The molecule has 102 valence electrons. The van der Waals surface area contributed by atoms with Crippen molar-refractivity contribution >= 4 is 17.3 Å². The van der Waals surface area contributed by atoms with Crippen molar-refractivity contribution in [3.05, 3.63) is 58.6 Å². The number of para-hydroxylation sites is 1. The molecule has 0 radical (unpaired) electrons. The van der Waals surface area contributed by atoms with Crippen molar-refractivity contribution in [3.63, 3.8) is 0 Å². The van der Waals surface area contributed by atoms with Crippen LogP contribution in [0.2, 0.25) is 5.02 Å². The first-order valence-electron chi connectivity index (χ1n) is 6.39. The van der Waals surface area contributed by atoms with Crippen LogP contribution in [-0.2, 0) is 0 Å². The second-order valence-corrected chi connectivity index (χ2v) is 4.88. The van der Waals surface area contributed by atoms with Crippen LogP contribution in [0.1, 0.15) is 30.5 Å².